The van der Waals surface area contributed by atoms with E-state index in [1.165, 1.54) is 7.11 Å². The average Bonchev–Trinajstić information content (AvgIpc) is 2.55. The normalized spacial score (nSPS) is 22.1. The lowest BCUT2D eigenvalue weighted by atomic mass is 9.94. The Morgan fingerprint density at radius 1 is 1.16 bits per heavy atom. The number of rotatable bonds is 8. The van der Waals surface area contributed by atoms with Gasteiger partial charge in [-0.05, 0) is 43.8 Å². The summed E-state index contributed by atoms with van der Waals surface area (Å²) in [6, 6.07) is 0.203. The van der Waals surface area contributed by atoms with Crippen LogP contribution in [0.15, 0.2) is 0 Å². The second-order valence-corrected chi connectivity index (χ2v) is 13.1. The summed E-state index contributed by atoms with van der Waals surface area (Å²) in [6.07, 6.45) is 3.55. The van der Waals surface area contributed by atoms with Gasteiger partial charge in [0.15, 0.2) is 8.32 Å². The molecule has 1 amide bonds. The van der Waals surface area contributed by atoms with Crippen molar-refractivity contribution >= 4 is 14.4 Å². The molecule has 6 nitrogen and oxygen atoms in total. The van der Waals surface area contributed by atoms with Gasteiger partial charge in [-0.3, -0.25) is 4.90 Å². The Kier molecular flexibility index (Phi) is 8.87. The highest BCUT2D eigenvalue weighted by atomic mass is 28.4. The zero-order valence-electron chi connectivity index (χ0n) is 17.1. The molecule has 7 heteroatoms. The van der Waals surface area contributed by atoms with E-state index in [1.54, 1.807) is 7.11 Å². The fourth-order valence-electron chi connectivity index (χ4n) is 2.90. The molecule has 0 radical (unpaired) electrons. The van der Waals surface area contributed by atoms with Crippen LogP contribution in [0.25, 0.3) is 0 Å². The molecule has 1 fully saturated rings. The first-order chi connectivity index (χ1) is 11.6. The highest BCUT2D eigenvalue weighted by molar-refractivity contribution is 6.74. The molecule has 1 aliphatic rings. The van der Waals surface area contributed by atoms with Gasteiger partial charge in [0.2, 0.25) is 0 Å². The maximum absolute atomic E-state index is 12.4. The lowest BCUT2D eigenvalue weighted by molar-refractivity contribution is -0.0417. The van der Waals surface area contributed by atoms with Gasteiger partial charge in [-0.25, -0.2) is 4.79 Å². The van der Waals surface area contributed by atoms with E-state index in [0.29, 0.717) is 13.2 Å². The lowest BCUT2D eigenvalue weighted by Crippen LogP contribution is -2.54. The van der Waals surface area contributed by atoms with Crippen molar-refractivity contribution in [1.29, 1.82) is 0 Å². The third-order valence-electron chi connectivity index (χ3n) is 5.49. The number of ether oxygens (including phenoxy) is 3. The molecular formula is C18H37NO5Si. The standard InChI is InChI=1S/C18H37NO5Si/c1-18(2,3)25(6,7)24-13-16-10-8-9-15(11-12-23-14-21-4)19(16)17(20)22-5/h15-16H,8-14H2,1-7H3/t15-,16+/m1/s1. The third-order valence-corrected chi connectivity index (χ3v) is 9.99. The first kappa shape index (κ1) is 22.4. The summed E-state index contributed by atoms with van der Waals surface area (Å²) in [4.78, 5) is 14.3. The molecule has 0 aromatic heterocycles. The number of methoxy groups -OCH3 is 2. The molecule has 148 valence electrons. The Bertz CT molecular complexity index is 411. The minimum Gasteiger partial charge on any atom is -0.453 e. The molecule has 1 rings (SSSR count). The van der Waals surface area contributed by atoms with E-state index in [0.717, 1.165) is 25.7 Å². The molecule has 25 heavy (non-hydrogen) atoms. The van der Waals surface area contributed by atoms with Crippen LogP contribution in [0.2, 0.25) is 18.1 Å². The maximum atomic E-state index is 12.4. The predicted octanol–water partition coefficient (Wildman–Crippen LogP) is 4.01. The van der Waals surface area contributed by atoms with E-state index in [9.17, 15) is 4.79 Å². The molecule has 2 atom stereocenters. The molecule has 1 heterocycles. The van der Waals surface area contributed by atoms with Crippen LogP contribution in [0.4, 0.5) is 4.79 Å². The molecule has 0 spiro atoms. The van der Waals surface area contributed by atoms with Crippen LogP contribution >= 0.6 is 0 Å². The number of likely N-dealkylation sites (tertiary alicyclic amines) is 1. The number of piperidine rings is 1. The van der Waals surface area contributed by atoms with Crippen molar-refractivity contribution in [1.82, 2.24) is 4.90 Å². The highest BCUT2D eigenvalue weighted by Gasteiger charge is 2.40. The van der Waals surface area contributed by atoms with E-state index < -0.39 is 8.32 Å². The number of hydrogen-bond donors (Lipinski definition) is 0. The van der Waals surface area contributed by atoms with Crippen molar-refractivity contribution in [2.24, 2.45) is 0 Å². The average molecular weight is 376 g/mol. The van der Waals surface area contributed by atoms with Crippen molar-refractivity contribution in [3.05, 3.63) is 0 Å². The van der Waals surface area contributed by atoms with Gasteiger partial charge in [0.25, 0.3) is 0 Å². The Labute approximate surface area is 154 Å². The third kappa shape index (κ3) is 6.55. The summed E-state index contributed by atoms with van der Waals surface area (Å²) in [6.45, 7) is 12.6. The van der Waals surface area contributed by atoms with Crippen molar-refractivity contribution < 1.29 is 23.4 Å². The maximum Gasteiger partial charge on any atom is 0.410 e. The summed E-state index contributed by atoms with van der Waals surface area (Å²) in [5.74, 6) is 0. The second-order valence-electron chi connectivity index (χ2n) is 8.29. The van der Waals surface area contributed by atoms with E-state index in [4.69, 9.17) is 18.6 Å². The van der Waals surface area contributed by atoms with E-state index in [-0.39, 0.29) is 30.0 Å². The molecule has 0 bridgehead atoms. The second kappa shape index (κ2) is 9.90. The number of amides is 1. The molecule has 0 aromatic rings. The number of nitrogens with zero attached hydrogens (tertiary/aromatic N) is 1. The van der Waals surface area contributed by atoms with Crippen molar-refractivity contribution in [2.45, 2.75) is 76.7 Å². The number of carbonyl (C=O) groups is 1. The quantitative estimate of drug-likeness (QED) is 0.364. The van der Waals surface area contributed by atoms with Gasteiger partial charge in [-0.1, -0.05) is 20.8 Å². The van der Waals surface area contributed by atoms with Crippen molar-refractivity contribution in [2.75, 3.05) is 34.2 Å². The van der Waals surface area contributed by atoms with Gasteiger partial charge in [0.1, 0.15) is 6.79 Å². The first-order valence-electron chi connectivity index (χ1n) is 9.21. The Balaban J connectivity index is 2.73. The van der Waals surface area contributed by atoms with Gasteiger partial charge >= 0.3 is 6.09 Å². The van der Waals surface area contributed by atoms with Crippen LogP contribution in [-0.4, -0.2) is 65.6 Å². The van der Waals surface area contributed by atoms with Gasteiger partial charge in [-0.15, -0.1) is 0 Å². The largest absolute Gasteiger partial charge is 0.453 e. The number of carbonyl (C=O) groups excluding carboxylic acids is 1. The minimum atomic E-state index is -1.84. The van der Waals surface area contributed by atoms with Crippen LogP contribution in [0.3, 0.4) is 0 Å². The van der Waals surface area contributed by atoms with Crippen molar-refractivity contribution in [3.8, 4) is 0 Å². The molecule has 0 aliphatic carbocycles. The molecule has 0 unspecified atom stereocenters. The Morgan fingerprint density at radius 3 is 2.36 bits per heavy atom. The fourth-order valence-corrected chi connectivity index (χ4v) is 3.94. The lowest BCUT2D eigenvalue weighted by Gasteiger charge is -2.43. The van der Waals surface area contributed by atoms with E-state index in [2.05, 4.69) is 33.9 Å². The molecule has 0 N–H and O–H groups in total. The van der Waals surface area contributed by atoms with Crippen molar-refractivity contribution in [3.63, 3.8) is 0 Å². The summed E-state index contributed by atoms with van der Waals surface area (Å²) < 4.78 is 21.8. The summed E-state index contributed by atoms with van der Waals surface area (Å²) in [7, 11) is 1.21. The smallest absolute Gasteiger partial charge is 0.410 e. The molecule has 1 aliphatic heterocycles. The zero-order chi connectivity index (χ0) is 19.1. The summed E-state index contributed by atoms with van der Waals surface area (Å²) >= 11 is 0. The summed E-state index contributed by atoms with van der Waals surface area (Å²) in [5.41, 5.74) is 0. The Hall–Kier alpha value is -0.633. The highest BCUT2D eigenvalue weighted by Crippen LogP contribution is 2.37. The van der Waals surface area contributed by atoms with Crippen LogP contribution in [0, 0.1) is 0 Å². The van der Waals surface area contributed by atoms with Crippen LogP contribution in [-0.2, 0) is 18.6 Å². The molecular weight excluding hydrogens is 338 g/mol. The SMILES string of the molecule is COCOCC[C@H]1CCC[C@@H](CO[Si](C)(C)C(C)(C)C)N1C(=O)OC. The van der Waals surface area contributed by atoms with Crippen LogP contribution < -0.4 is 0 Å². The van der Waals surface area contributed by atoms with Gasteiger partial charge in [0, 0.05) is 13.2 Å². The molecule has 1 saturated heterocycles. The topological polar surface area (TPSA) is 57.2 Å². The predicted molar refractivity (Wildman–Crippen MR) is 101 cm³/mol. The first-order valence-corrected chi connectivity index (χ1v) is 12.1. The zero-order valence-corrected chi connectivity index (χ0v) is 18.1. The van der Waals surface area contributed by atoms with Gasteiger partial charge in [-0.2, -0.15) is 0 Å². The van der Waals surface area contributed by atoms with Gasteiger partial charge < -0.3 is 18.6 Å². The van der Waals surface area contributed by atoms with E-state index in [1.807, 2.05) is 4.90 Å². The Morgan fingerprint density at radius 2 is 1.80 bits per heavy atom. The van der Waals surface area contributed by atoms with E-state index >= 15 is 0 Å². The molecule has 0 aromatic carbocycles. The minimum absolute atomic E-state index is 0.0720. The fraction of sp³-hybridized carbons (Fsp3) is 0.944. The van der Waals surface area contributed by atoms with Crippen LogP contribution in [0.1, 0.15) is 46.5 Å². The monoisotopic (exact) mass is 375 g/mol. The van der Waals surface area contributed by atoms with Gasteiger partial charge in [0.05, 0.1) is 26.4 Å². The molecule has 0 saturated carbocycles. The number of hydrogen-bond acceptors (Lipinski definition) is 5. The summed E-state index contributed by atoms with van der Waals surface area (Å²) in [5, 5.41) is 0.158. The van der Waals surface area contributed by atoms with Crippen LogP contribution in [0.5, 0.6) is 0 Å².